The highest BCUT2D eigenvalue weighted by molar-refractivity contribution is 6.32. The molecule has 0 unspecified atom stereocenters. The summed E-state index contributed by atoms with van der Waals surface area (Å²) in [7, 11) is 0. The highest BCUT2D eigenvalue weighted by Crippen LogP contribution is 2.46. The summed E-state index contributed by atoms with van der Waals surface area (Å²) in [6.45, 7) is -0.0804. The lowest BCUT2D eigenvalue weighted by Crippen LogP contribution is -2.54. The minimum Gasteiger partial charge on any atom is -0.483 e. The molecule has 0 saturated heterocycles. The zero-order valence-corrected chi connectivity index (χ0v) is 15.5. The monoisotopic (exact) mass is 473 g/mol. The van der Waals surface area contributed by atoms with Crippen molar-refractivity contribution in [2.24, 2.45) is 0 Å². The van der Waals surface area contributed by atoms with Gasteiger partial charge in [-0.3, -0.25) is 0 Å². The van der Waals surface area contributed by atoms with Crippen LogP contribution >= 0.6 is 11.6 Å². The van der Waals surface area contributed by atoms with Crippen molar-refractivity contribution in [3.8, 4) is 11.6 Å². The molecule has 4 nitrogen and oxygen atoms in total. The average Bonchev–Trinajstić information content (AvgIpc) is 2.85. The van der Waals surface area contributed by atoms with Crippen LogP contribution < -0.4 is 4.74 Å². The highest BCUT2D eigenvalue weighted by atomic mass is 35.5. The van der Waals surface area contributed by atoms with Gasteiger partial charge in [-0.15, -0.1) is 0 Å². The second-order valence-corrected chi connectivity index (χ2v) is 6.41. The van der Waals surface area contributed by atoms with Crippen LogP contribution in [0.15, 0.2) is 12.3 Å². The first kappa shape index (κ1) is 24.0. The zero-order chi connectivity index (χ0) is 23.3. The Morgan fingerprint density at radius 2 is 1.57 bits per heavy atom. The first-order valence-corrected chi connectivity index (χ1v) is 8.02. The Bertz CT molecular complexity index is 936. The molecule has 0 bridgehead atoms. The normalized spacial score (nSPS) is 13.6. The topological polar surface area (TPSA) is 39.9 Å². The maximum atomic E-state index is 13.4. The maximum Gasteiger partial charge on any atom is 0.460 e. The largest absolute Gasteiger partial charge is 0.483 e. The number of alkyl halides is 10. The van der Waals surface area contributed by atoms with Crippen LogP contribution in [0.1, 0.15) is 17.0 Å². The molecule has 0 aliphatic rings. The van der Waals surface area contributed by atoms with E-state index in [1.165, 1.54) is 0 Å². The first-order valence-electron chi connectivity index (χ1n) is 7.64. The van der Waals surface area contributed by atoms with Gasteiger partial charge in [0.05, 0.1) is 16.3 Å². The van der Waals surface area contributed by atoms with Gasteiger partial charge in [-0.05, 0) is 19.9 Å². The lowest BCUT2D eigenvalue weighted by Gasteiger charge is -2.27. The van der Waals surface area contributed by atoms with Crippen LogP contribution in [0, 0.1) is 13.8 Å². The summed E-state index contributed by atoms with van der Waals surface area (Å²) in [4.78, 5) is 3.49. The molecule has 0 N–H and O–H groups in total. The number of nitrogens with zero attached hydrogens (tertiary/aromatic N) is 3. The molecule has 0 spiro atoms. The molecule has 15 heteroatoms. The van der Waals surface area contributed by atoms with E-state index in [0.29, 0.717) is 12.3 Å². The number of hydrogen-bond donors (Lipinski definition) is 0. The van der Waals surface area contributed by atoms with Crippen molar-refractivity contribution in [1.82, 2.24) is 14.8 Å². The fourth-order valence-corrected chi connectivity index (χ4v) is 2.49. The summed E-state index contributed by atoms with van der Waals surface area (Å²) in [6.07, 6.45) is -10.9. The number of aryl methyl sites for hydroxylation is 1. The van der Waals surface area contributed by atoms with Gasteiger partial charge in [0.1, 0.15) is 5.69 Å². The van der Waals surface area contributed by atoms with E-state index in [1.807, 2.05) is 0 Å². The van der Waals surface area contributed by atoms with E-state index < -0.39 is 47.1 Å². The van der Waals surface area contributed by atoms with E-state index in [-0.39, 0.29) is 17.2 Å². The van der Waals surface area contributed by atoms with Gasteiger partial charge < -0.3 is 4.74 Å². The fourth-order valence-electron chi connectivity index (χ4n) is 2.25. The Labute approximate surface area is 166 Å². The van der Waals surface area contributed by atoms with E-state index in [1.54, 1.807) is 0 Å². The molecule has 168 valence electrons. The number of pyridine rings is 1. The Hall–Kier alpha value is -2.25. The molecule has 0 fully saturated rings. The van der Waals surface area contributed by atoms with E-state index >= 15 is 0 Å². The molecule has 0 aromatic carbocycles. The third-order valence-corrected chi connectivity index (χ3v) is 4.07. The van der Waals surface area contributed by atoms with E-state index in [0.717, 1.165) is 18.5 Å². The molecule has 0 radical (unpaired) electrons. The lowest BCUT2D eigenvalue weighted by atomic mass is 10.2. The molecule has 0 aliphatic heterocycles. The van der Waals surface area contributed by atoms with Crippen LogP contribution in [0.4, 0.5) is 43.9 Å². The molecule has 0 atom stereocenters. The second kappa shape index (κ2) is 7.46. The standard InChI is InChI=1S/C15H10ClF10N3O/c1-6-10(30-5-12(17,18)14(22,23)15(24,25)26)7(2)29(28-6)11-9(16)3-8(4-27-11)13(19,20)21/h3-4H,5H2,1-2H3. The van der Waals surface area contributed by atoms with Gasteiger partial charge in [0, 0.05) is 6.20 Å². The summed E-state index contributed by atoms with van der Waals surface area (Å²) in [5.74, 6) is -13.0. The Morgan fingerprint density at radius 1 is 1.00 bits per heavy atom. The number of rotatable bonds is 5. The molecule has 0 saturated carbocycles. The van der Waals surface area contributed by atoms with Crippen molar-refractivity contribution in [3.05, 3.63) is 34.2 Å². The highest BCUT2D eigenvalue weighted by Gasteiger charge is 2.73. The first-order chi connectivity index (χ1) is 13.4. The third kappa shape index (κ3) is 4.27. The van der Waals surface area contributed by atoms with Crippen LogP contribution in [-0.2, 0) is 6.18 Å². The smallest absolute Gasteiger partial charge is 0.460 e. The van der Waals surface area contributed by atoms with Crippen LogP contribution in [0.25, 0.3) is 5.82 Å². The summed E-state index contributed by atoms with van der Waals surface area (Å²) >= 11 is 5.75. The molecule has 2 heterocycles. The summed E-state index contributed by atoms with van der Waals surface area (Å²) < 4.78 is 133. The van der Waals surface area contributed by atoms with Gasteiger partial charge in [0.25, 0.3) is 0 Å². The van der Waals surface area contributed by atoms with Gasteiger partial charge in [0.15, 0.2) is 18.2 Å². The fraction of sp³-hybridized carbons (Fsp3) is 0.467. The Kier molecular flexibility index (Phi) is 5.98. The van der Waals surface area contributed by atoms with Gasteiger partial charge in [0.2, 0.25) is 0 Å². The van der Waals surface area contributed by atoms with Gasteiger partial charge >= 0.3 is 24.2 Å². The van der Waals surface area contributed by atoms with Crippen molar-refractivity contribution >= 4 is 11.6 Å². The van der Waals surface area contributed by atoms with Crippen LogP contribution in [0.2, 0.25) is 5.02 Å². The lowest BCUT2D eigenvalue weighted by molar-refractivity contribution is -0.358. The Morgan fingerprint density at radius 3 is 2.03 bits per heavy atom. The van der Waals surface area contributed by atoms with Crippen molar-refractivity contribution in [2.45, 2.75) is 38.0 Å². The number of ether oxygens (including phenoxy) is 1. The molecule has 2 rings (SSSR count). The van der Waals surface area contributed by atoms with Gasteiger partial charge in [-0.1, -0.05) is 11.6 Å². The van der Waals surface area contributed by atoms with Crippen molar-refractivity contribution in [2.75, 3.05) is 6.61 Å². The van der Waals surface area contributed by atoms with Crippen LogP contribution in [-0.4, -0.2) is 39.4 Å². The van der Waals surface area contributed by atoms with Gasteiger partial charge in [-0.2, -0.15) is 49.0 Å². The predicted octanol–water partition coefficient (Wildman–Crippen LogP) is 5.77. The average molecular weight is 474 g/mol. The molecule has 2 aromatic heterocycles. The molecule has 0 aliphatic carbocycles. The number of aromatic nitrogens is 3. The van der Waals surface area contributed by atoms with E-state index in [2.05, 4.69) is 14.8 Å². The van der Waals surface area contributed by atoms with E-state index in [4.69, 9.17) is 11.6 Å². The van der Waals surface area contributed by atoms with Crippen molar-refractivity contribution in [3.63, 3.8) is 0 Å². The Balaban J connectivity index is 2.36. The maximum absolute atomic E-state index is 13.4. The predicted molar refractivity (Wildman–Crippen MR) is 82.3 cm³/mol. The second-order valence-electron chi connectivity index (χ2n) is 6.00. The number of halogens is 11. The SMILES string of the molecule is Cc1nn(-c2ncc(C(F)(F)F)cc2Cl)c(C)c1OCC(F)(F)C(F)(F)C(F)(F)F. The minimum atomic E-state index is -6.52. The molecule has 30 heavy (non-hydrogen) atoms. The zero-order valence-electron chi connectivity index (χ0n) is 14.8. The quantitative estimate of drug-likeness (QED) is 0.518. The van der Waals surface area contributed by atoms with Crippen molar-refractivity contribution < 1.29 is 48.6 Å². The molecular weight excluding hydrogens is 464 g/mol. The van der Waals surface area contributed by atoms with Crippen LogP contribution in [0.3, 0.4) is 0 Å². The van der Waals surface area contributed by atoms with E-state index in [9.17, 15) is 43.9 Å². The minimum absolute atomic E-state index is 0.229. The molecule has 0 amide bonds. The summed E-state index contributed by atoms with van der Waals surface area (Å²) in [6, 6.07) is 0.513. The van der Waals surface area contributed by atoms with Crippen LogP contribution in [0.5, 0.6) is 5.75 Å². The third-order valence-electron chi connectivity index (χ3n) is 3.79. The summed E-state index contributed by atoms with van der Waals surface area (Å²) in [5, 5.41) is 3.21. The summed E-state index contributed by atoms with van der Waals surface area (Å²) in [5.41, 5.74) is -1.66. The molecule has 2 aromatic rings. The molecular formula is C15H10ClF10N3O. The number of hydrogen-bond acceptors (Lipinski definition) is 3. The van der Waals surface area contributed by atoms with Crippen molar-refractivity contribution in [1.29, 1.82) is 0 Å². The van der Waals surface area contributed by atoms with Gasteiger partial charge in [-0.25, -0.2) is 9.67 Å².